The number of urea groups is 1. The van der Waals surface area contributed by atoms with Gasteiger partial charge in [0, 0.05) is 44.1 Å². The monoisotopic (exact) mass is 267 g/mol. The van der Waals surface area contributed by atoms with E-state index in [4.69, 9.17) is 4.74 Å². The predicted octanol–water partition coefficient (Wildman–Crippen LogP) is 0.877. The number of amides is 3. The van der Waals surface area contributed by atoms with E-state index in [1.54, 1.807) is 4.90 Å². The lowest BCUT2D eigenvalue weighted by molar-refractivity contribution is 0.0263. The first-order chi connectivity index (χ1) is 8.87. The van der Waals surface area contributed by atoms with Gasteiger partial charge in [0.15, 0.2) is 0 Å². The van der Waals surface area contributed by atoms with Gasteiger partial charge in [-0.05, 0) is 20.8 Å². The van der Waals surface area contributed by atoms with Gasteiger partial charge in [0.1, 0.15) is 5.60 Å². The maximum absolute atomic E-state index is 11.9. The van der Waals surface area contributed by atoms with E-state index in [0.29, 0.717) is 31.0 Å². The predicted molar refractivity (Wildman–Crippen MR) is 68.7 cm³/mol. The highest BCUT2D eigenvalue weighted by molar-refractivity contribution is 5.77. The molecule has 3 aliphatic rings. The summed E-state index contributed by atoms with van der Waals surface area (Å²) in [4.78, 5) is 27.2. The molecule has 3 fully saturated rings. The summed E-state index contributed by atoms with van der Waals surface area (Å²) in [5.74, 6) is 0.882. The molecule has 2 saturated heterocycles. The molecule has 0 spiro atoms. The molecule has 19 heavy (non-hydrogen) atoms. The minimum Gasteiger partial charge on any atom is -0.444 e. The smallest absolute Gasteiger partial charge is 0.410 e. The summed E-state index contributed by atoms with van der Waals surface area (Å²) in [5.41, 5.74) is -0.446. The first-order valence-corrected chi connectivity index (χ1v) is 6.89. The lowest BCUT2D eigenvalue weighted by Gasteiger charge is -2.27. The van der Waals surface area contributed by atoms with Gasteiger partial charge in [-0.25, -0.2) is 9.59 Å². The van der Waals surface area contributed by atoms with Crippen LogP contribution >= 0.6 is 0 Å². The molecule has 1 N–H and O–H groups in total. The number of hydrogen-bond acceptors (Lipinski definition) is 3. The van der Waals surface area contributed by atoms with Crippen LogP contribution in [0, 0.1) is 11.8 Å². The fourth-order valence-corrected chi connectivity index (χ4v) is 3.20. The van der Waals surface area contributed by atoms with Crippen molar-refractivity contribution in [2.75, 3.05) is 26.2 Å². The van der Waals surface area contributed by atoms with Crippen molar-refractivity contribution in [3.8, 4) is 0 Å². The summed E-state index contributed by atoms with van der Waals surface area (Å²) in [6.45, 7) is 8.59. The van der Waals surface area contributed by atoms with Crippen molar-refractivity contribution >= 4 is 12.1 Å². The van der Waals surface area contributed by atoms with Crippen LogP contribution in [-0.2, 0) is 4.74 Å². The standard InChI is InChI=1S/C13H21N3O3/c1-13(2,3)19-12(18)15-6-8-9(7-15)10(8)16-5-4-14-11(16)17/h8-10H,4-7H2,1-3H3,(H,14,17). The van der Waals surface area contributed by atoms with E-state index in [9.17, 15) is 9.59 Å². The van der Waals surface area contributed by atoms with Crippen LogP contribution in [0.25, 0.3) is 0 Å². The molecule has 2 atom stereocenters. The molecule has 3 amide bonds. The first kappa shape index (κ1) is 12.6. The fraction of sp³-hybridized carbons (Fsp3) is 0.846. The highest BCUT2D eigenvalue weighted by atomic mass is 16.6. The molecule has 2 unspecified atom stereocenters. The lowest BCUT2D eigenvalue weighted by atomic mass is 10.2. The summed E-state index contributed by atoms with van der Waals surface area (Å²) >= 11 is 0. The van der Waals surface area contributed by atoms with E-state index in [0.717, 1.165) is 13.1 Å². The minimum absolute atomic E-state index is 0.0446. The van der Waals surface area contributed by atoms with Gasteiger partial charge in [-0.3, -0.25) is 0 Å². The molecule has 0 aromatic rings. The Balaban J connectivity index is 1.53. The zero-order chi connectivity index (χ0) is 13.8. The van der Waals surface area contributed by atoms with Crippen molar-refractivity contribution in [2.45, 2.75) is 32.4 Å². The van der Waals surface area contributed by atoms with Crippen molar-refractivity contribution in [3.05, 3.63) is 0 Å². The van der Waals surface area contributed by atoms with Crippen LogP contribution in [0.2, 0.25) is 0 Å². The third kappa shape index (κ3) is 2.24. The molecule has 6 heteroatoms. The Kier molecular flexibility index (Phi) is 2.66. The van der Waals surface area contributed by atoms with Crippen molar-refractivity contribution in [3.63, 3.8) is 0 Å². The molecule has 0 bridgehead atoms. The third-order valence-corrected chi connectivity index (χ3v) is 4.05. The van der Waals surface area contributed by atoms with Crippen molar-refractivity contribution in [2.24, 2.45) is 11.8 Å². The molecule has 2 aliphatic heterocycles. The van der Waals surface area contributed by atoms with Gasteiger partial charge in [-0.2, -0.15) is 0 Å². The van der Waals surface area contributed by atoms with Crippen LogP contribution < -0.4 is 5.32 Å². The van der Waals surface area contributed by atoms with Crippen LogP contribution in [0.1, 0.15) is 20.8 Å². The quantitative estimate of drug-likeness (QED) is 0.767. The Hall–Kier alpha value is -1.46. The first-order valence-electron chi connectivity index (χ1n) is 6.89. The van der Waals surface area contributed by atoms with Crippen molar-refractivity contribution in [1.82, 2.24) is 15.1 Å². The number of rotatable bonds is 1. The van der Waals surface area contributed by atoms with Gasteiger partial charge in [-0.15, -0.1) is 0 Å². The molecule has 2 heterocycles. The molecule has 106 valence electrons. The van der Waals surface area contributed by atoms with E-state index in [1.165, 1.54) is 0 Å². The van der Waals surface area contributed by atoms with E-state index < -0.39 is 5.60 Å². The molecular formula is C13H21N3O3. The van der Waals surface area contributed by atoms with Crippen molar-refractivity contribution in [1.29, 1.82) is 0 Å². The van der Waals surface area contributed by atoms with E-state index in [2.05, 4.69) is 5.32 Å². The van der Waals surface area contributed by atoms with E-state index in [1.807, 2.05) is 25.7 Å². The number of nitrogens with zero attached hydrogens (tertiary/aromatic N) is 2. The Morgan fingerprint density at radius 2 is 1.95 bits per heavy atom. The average Bonchev–Trinajstić information content (AvgIpc) is 2.68. The molecule has 0 radical (unpaired) electrons. The Labute approximate surface area is 113 Å². The van der Waals surface area contributed by atoms with E-state index >= 15 is 0 Å². The number of carbonyl (C=O) groups excluding carboxylic acids is 2. The Bertz CT molecular complexity index is 406. The number of piperidine rings is 1. The summed E-state index contributed by atoms with van der Waals surface area (Å²) < 4.78 is 5.37. The minimum atomic E-state index is -0.446. The SMILES string of the molecule is CC(C)(C)OC(=O)N1CC2C(C1)C2N1CCNC1=O. The summed E-state index contributed by atoms with van der Waals surface area (Å²) in [7, 11) is 0. The normalized spacial score (nSPS) is 33.2. The molecule has 1 aliphatic carbocycles. The lowest BCUT2D eigenvalue weighted by Crippen LogP contribution is -2.41. The maximum atomic E-state index is 11.9. The number of hydrogen-bond donors (Lipinski definition) is 1. The van der Waals surface area contributed by atoms with Crippen LogP contribution in [0.3, 0.4) is 0 Å². The summed E-state index contributed by atoms with van der Waals surface area (Å²) in [6, 6.07) is 0.379. The van der Waals surface area contributed by atoms with Gasteiger partial charge in [0.05, 0.1) is 0 Å². The number of likely N-dealkylation sites (tertiary alicyclic amines) is 1. The molecule has 3 rings (SSSR count). The fourth-order valence-electron chi connectivity index (χ4n) is 3.20. The van der Waals surface area contributed by atoms with E-state index in [-0.39, 0.29) is 12.1 Å². The number of fused-ring (bicyclic) bond motifs is 1. The molecule has 0 aromatic heterocycles. The summed E-state index contributed by atoms with van der Waals surface area (Å²) in [5, 5.41) is 2.83. The second-order valence-corrected chi connectivity index (χ2v) is 6.63. The van der Waals surface area contributed by atoms with Crippen LogP contribution in [-0.4, -0.2) is 59.7 Å². The average molecular weight is 267 g/mol. The van der Waals surface area contributed by atoms with Crippen LogP contribution in [0.4, 0.5) is 9.59 Å². The zero-order valence-electron chi connectivity index (χ0n) is 11.7. The second kappa shape index (κ2) is 4.02. The largest absolute Gasteiger partial charge is 0.444 e. The highest BCUT2D eigenvalue weighted by Gasteiger charge is 2.61. The highest BCUT2D eigenvalue weighted by Crippen LogP contribution is 2.49. The third-order valence-electron chi connectivity index (χ3n) is 4.05. The molecule has 0 aromatic carbocycles. The van der Waals surface area contributed by atoms with Gasteiger partial charge in [-0.1, -0.05) is 0 Å². The maximum Gasteiger partial charge on any atom is 0.410 e. The molecular weight excluding hydrogens is 246 g/mol. The van der Waals surface area contributed by atoms with Gasteiger partial charge in [0.25, 0.3) is 0 Å². The molecule has 6 nitrogen and oxygen atoms in total. The van der Waals surface area contributed by atoms with Gasteiger partial charge in [0.2, 0.25) is 0 Å². The van der Waals surface area contributed by atoms with Crippen molar-refractivity contribution < 1.29 is 14.3 Å². The number of ether oxygens (including phenoxy) is 1. The zero-order valence-corrected chi connectivity index (χ0v) is 11.7. The summed E-state index contributed by atoms with van der Waals surface area (Å²) in [6.07, 6.45) is -0.232. The number of carbonyl (C=O) groups is 2. The number of nitrogens with one attached hydrogen (secondary N) is 1. The Morgan fingerprint density at radius 1 is 1.32 bits per heavy atom. The topological polar surface area (TPSA) is 61.9 Å². The van der Waals surface area contributed by atoms with Crippen LogP contribution in [0.15, 0.2) is 0 Å². The van der Waals surface area contributed by atoms with Gasteiger partial charge >= 0.3 is 12.1 Å². The van der Waals surface area contributed by atoms with Gasteiger partial charge < -0.3 is 19.9 Å². The molecule has 1 saturated carbocycles. The van der Waals surface area contributed by atoms with Crippen LogP contribution in [0.5, 0.6) is 0 Å². The Morgan fingerprint density at radius 3 is 2.42 bits per heavy atom. The second-order valence-electron chi connectivity index (χ2n) is 6.63.